The highest BCUT2D eigenvalue weighted by Crippen LogP contribution is 2.23. The van der Waals surface area contributed by atoms with E-state index in [0.29, 0.717) is 6.42 Å². The van der Waals surface area contributed by atoms with Crippen molar-refractivity contribution in [2.24, 2.45) is 7.05 Å². The Bertz CT molecular complexity index is 810. The molecule has 2 aromatic heterocycles. The fourth-order valence-corrected chi connectivity index (χ4v) is 3.38. The van der Waals surface area contributed by atoms with Gasteiger partial charge in [-0.25, -0.2) is 4.98 Å². The summed E-state index contributed by atoms with van der Waals surface area (Å²) >= 11 is 1.65. The van der Waals surface area contributed by atoms with Crippen LogP contribution in [-0.2, 0) is 18.3 Å². The molecule has 0 spiro atoms. The van der Waals surface area contributed by atoms with Crippen molar-refractivity contribution in [3.05, 3.63) is 70.4 Å². The smallest absolute Gasteiger partial charge is 0.221 e. The third kappa shape index (κ3) is 4.28. The van der Waals surface area contributed by atoms with Crippen molar-refractivity contribution in [3.8, 4) is 5.75 Å². The van der Waals surface area contributed by atoms with Gasteiger partial charge in [0.2, 0.25) is 5.91 Å². The molecule has 0 aliphatic rings. The average Bonchev–Trinajstić information content (AvgIpc) is 3.30. The summed E-state index contributed by atoms with van der Waals surface area (Å²) in [5, 5.41) is 7.22. The number of hydrogen-bond acceptors (Lipinski definition) is 4. The van der Waals surface area contributed by atoms with Crippen LogP contribution in [0.2, 0.25) is 0 Å². The largest absolute Gasteiger partial charge is 0.497 e. The van der Waals surface area contributed by atoms with E-state index >= 15 is 0 Å². The van der Waals surface area contributed by atoms with Crippen molar-refractivity contribution < 1.29 is 9.53 Å². The fourth-order valence-electron chi connectivity index (χ4n) is 2.67. The molecule has 1 aromatic carbocycles. The van der Waals surface area contributed by atoms with Gasteiger partial charge in [0, 0.05) is 25.9 Å². The second-order valence-electron chi connectivity index (χ2n) is 5.80. The molecule has 0 aliphatic carbocycles. The maximum Gasteiger partial charge on any atom is 0.221 e. The van der Waals surface area contributed by atoms with Gasteiger partial charge in [-0.2, -0.15) is 11.3 Å². The molecule has 25 heavy (non-hydrogen) atoms. The highest BCUT2D eigenvalue weighted by atomic mass is 32.1. The summed E-state index contributed by atoms with van der Waals surface area (Å²) in [7, 11) is 3.56. The molecule has 6 heteroatoms. The van der Waals surface area contributed by atoms with Crippen LogP contribution in [0.25, 0.3) is 0 Å². The monoisotopic (exact) mass is 355 g/mol. The fraction of sp³-hybridized carbons (Fsp3) is 0.263. The molecule has 0 radical (unpaired) electrons. The SMILES string of the molecule is COc1ccc([C@@H](NC(=O)CCc2ccsc2)c2nccn2C)cc1. The number of nitrogens with zero attached hydrogens (tertiary/aromatic N) is 2. The number of carbonyl (C=O) groups excluding carboxylic acids is 1. The molecule has 3 aromatic rings. The first kappa shape index (κ1) is 17.2. The summed E-state index contributed by atoms with van der Waals surface area (Å²) in [5.41, 5.74) is 2.16. The van der Waals surface area contributed by atoms with Crippen LogP contribution < -0.4 is 10.1 Å². The van der Waals surface area contributed by atoms with Gasteiger partial charge in [0.1, 0.15) is 17.6 Å². The zero-order chi connectivity index (χ0) is 17.6. The van der Waals surface area contributed by atoms with E-state index in [1.165, 1.54) is 5.56 Å². The van der Waals surface area contributed by atoms with Crippen LogP contribution in [0.15, 0.2) is 53.5 Å². The number of methoxy groups -OCH3 is 1. The Kier molecular flexibility index (Phi) is 5.50. The first-order valence-electron chi connectivity index (χ1n) is 8.09. The van der Waals surface area contributed by atoms with Crippen molar-refractivity contribution in [2.45, 2.75) is 18.9 Å². The molecule has 0 aliphatic heterocycles. The van der Waals surface area contributed by atoms with Crippen molar-refractivity contribution in [1.29, 1.82) is 0 Å². The number of hydrogen-bond donors (Lipinski definition) is 1. The molecule has 130 valence electrons. The van der Waals surface area contributed by atoms with Crippen LogP contribution in [-0.4, -0.2) is 22.6 Å². The van der Waals surface area contributed by atoms with E-state index in [4.69, 9.17) is 4.74 Å². The topological polar surface area (TPSA) is 56.1 Å². The summed E-state index contributed by atoms with van der Waals surface area (Å²) in [6.07, 6.45) is 4.81. The number of aromatic nitrogens is 2. The molecule has 3 rings (SSSR count). The van der Waals surface area contributed by atoms with Crippen molar-refractivity contribution in [3.63, 3.8) is 0 Å². The van der Waals surface area contributed by atoms with Crippen LogP contribution in [0.4, 0.5) is 0 Å². The molecule has 2 heterocycles. The number of aryl methyl sites for hydroxylation is 2. The van der Waals surface area contributed by atoms with Crippen LogP contribution in [0.3, 0.4) is 0 Å². The van der Waals surface area contributed by atoms with E-state index in [2.05, 4.69) is 21.7 Å². The first-order valence-corrected chi connectivity index (χ1v) is 9.03. The van der Waals surface area contributed by atoms with Gasteiger partial charge in [-0.1, -0.05) is 12.1 Å². The molecule has 1 N–H and O–H groups in total. The number of ether oxygens (including phenoxy) is 1. The van der Waals surface area contributed by atoms with Gasteiger partial charge < -0.3 is 14.6 Å². The second kappa shape index (κ2) is 7.98. The molecule has 5 nitrogen and oxygen atoms in total. The maximum absolute atomic E-state index is 12.5. The number of benzene rings is 1. The molecule has 0 bridgehead atoms. The number of nitrogens with one attached hydrogen (secondary N) is 1. The van der Waals surface area contributed by atoms with Gasteiger partial charge in [0.25, 0.3) is 0 Å². The predicted molar refractivity (Wildman–Crippen MR) is 98.8 cm³/mol. The van der Waals surface area contributed by atoms with Crippen molar-refractivity contribution in [2.75, 3.05) is 7.11 Å². The molecular weight excluding hydrogens is 334 g/mol. The van der Waals surface area contributed by atoms with Gasteiger partial charge in [-0.15, -0.1) is 0 Å². The van der Waals surface area contributed by atoms with Crippen LogP contribution in [0.5, 0.6) is 5.75 Å². The minimum atomic E-state index is -0.291. The number of carbonyl (C=O) groups is 1. The molecule has 0 unspecified atom stereocenters. The summed E-state index contributed by atoms with van der Waals surface area (Å²) in [6.45, 7) is 0. The van der Waals surface area contributed by atoms with Gasteiger partial charge in [0.15, 0.2) is 0 Å². The quantitative estimate of drug-likeness (QED) is 0.707. The molecule has 0 saturated heterocycles. The molecule has 0 saturated carbocycles. The van der Waals surface area contributed by atoms with Crippen LogP contribution in [0, 0.1) is 0 Å². The summed E-state index contributed by atoms with van der Waals surface area (Å²) in [5.74, 6) is 1.59. The first-order chi connectivity index (χ1) is 12.2. The van der Waals surface area contributed by atoms with E-state index < -0.39 is 0 Å². The van der Waals surface area contributed by atoms with Crippen molar-refractivity contribution >= 4 is 17.2 Å². The lowest BCUT2D eigenvalue weighted by atomic mass is 10.1. The third-order valence-electron chi connectivity index (χ3n) is 4.09. The average molecular weight is 355 g/mol. The van der Waals surface area contributed by atoms with Gasteiger partial charge in [-0.3, -0.25) is 4.79 Å². The standard InChI is InChI=1S/C19H21N3O2S/c1-22-11-10-20-19(22)18(15-4-6-16(24-2)7-5-15)21-17(23)8-3-14-9-12-25-13-14/h4-7,9-13,18H,3,8H2,1-2H3,(H,21,23)/t18-/m1/s1. The lowest BCUT2D eigenvalue weighted by molar-refractivity contribution is -0.121. The Hall–Kier alpha value is -2.60. The minimum absolute atomic E-state index is 0.00928. The Morgan fingerprint density at radius 3 is 2.72 bits per heavy atom. The number of imidazole rings is 1. The third-order valence-corrected chi connectivity index (χ3v) is 4.82. The number of thiophene rings is 1. The summed E-state index contributed by atoms with van der Waals surface area (Å²) < 4.78 is 7.14. The van der Waals surface area contributed by atoms with E-state index in [0.717, 1.165) is 23.6 Å². The normalized spacial score (nSPS) is 11.9. The molecule has 1 atom stereocenters. The number of amides is 1. The summed E-state index contributed by atoms with van der Waals surface area (Å²) in [6, 6.07) is 9.46. The zero-order valence-corrected chi connectivity index (χ0v) is 15.1. The highest BCUT2D eigenvalue weighted by Gasteiger charge is 2.20. The summed E-state index contributed by atoms with van der Waals surface area (Å²) in [4.78, 5) is 16.9. The lowest BCUT2D eigenvalue weighted by Gasteiger charge is -2.19. The Labute approximate surface area is 151 Å². The van der Waals surface area contributed by atoms with E-state index in [-0.39, 0.29) is 11.9 Å². The molecular formula is C19H21N3O2S. The Morgan fingerprint density at radius 1 is 1.32 bits per heavy atom. The van der Waals surface area contributed by atoms with E-state index in [1.807, 2.05) is 47.5 Å². The maximum atomic E-state index is 12.5. The number of rotatable bonds is 7. The zero-order valence-electron chi connectivity index (χ0n) is 14.3. The highest BCUT2D eigenvalue weighted by molar-refractivity contribution is 7.07. The second-order valence-corrected chi connectivity index (χ2v) is 6.58. The Morgan fingerprint density at radius 2 is 2.12 bits per heavy atom. The Balaban J connectivity index is 1.76. The lowest BCUT2D eigenvalue weighted by Crippen LogP contribution is -2.31. The van der Waals surface area contributed by atoms with Crippen LogP contribution in [0.1, 0.15) is 29.4 Å². The van der Waals surface area contributed by atoms with Gasteiger partial charge >= 0.3 is 0 Å². The van der Waals surface area contributed by atoms with Crippen molar-refractivity contribution in [1.82, 2.24) is 14.9 Å². The van der Waals surface area contributed by atoms with Crippen LogP contribution >= 0.6 is 11.3 Å². The molecule has 0 fully saturated rings. The minimum Gasteiger partial charge on any atom is -0.497 e. The van der Waals surface area contributed by atoms with E-state index in [9.17, 15) is 4.79 Å². The van der Waals surface area contributed by atoms with Gasteiger partial charge in [0.05, 0.1) is 7.11 Å². The van der Waals surface area contributed by atoms with Gasteiger partial charge in [-0.05, 0) is 46.5 Å². The van der Waals surface area contributed by atoms with E-state index in [1.54, 1.807) is 24.6 Å². The predicted octanol–water partition coefficient (Wildman–Crippen LogP) is 3.33. The molecule has 1 amide bonds.